The first-order chi connectivity index (χ1) is 8.18. The van der Waals surface area contributed by atoms with E-state index in [1.807, 2.05) is 0 Å². The fourth-order valence-electron chi connectivity index (χ4n) is 2.41. The van der Waals surface area contributed by atoms with Crippen molar-refractivity contribution in [2.24, 2.45) is 5.92 Å². The van der Waals surface area contributed by atoms with Crippen molar-refractivity contribution in [2.45, 2.75) is 12.8 Å². The molecule has 2 fully saturated rings. The highest BCUT2D eigenvalue weighted by Crippen LogP contribution is 2.18. The van der Waals surface area contributed by atoms with Crippen molar-refractivity contribution < 1.29 is 14.7 Å². The third-order valence-electron chi connectivity index (χ3n) is 3.43. The predicted molar refractivity (Wildman–Crippen MR) is 61.8 cm³/mol. The maximum atomic E-state index is 12.2. The lowest BCUT2D eigenvalue weighted by atomic mass is 9.98. The van der Waals surface area contributed by atoms with E-state index in [1.165, 1.54) is 0 Å². The van der Waals surface area contributed by atoms with Gasteiger partial charge in [-0.1, -0.05) is 0 Å². The molecule has 0 saturated carbocycles. The SMILES string of the molecule is O=C(O)C1CCCN(C(=O)N2CCNCC2)C1. The summed E-state index contributed by atoms with van der Waals surface area (Å²) in [5, 5.41) is 12.2. The van der Waals surface area contributed by atoms with Crippen LogP contribution in [0.1, 0.15) is 12.8 Å². The predicted octanol–water partition coefficient (Wildman–Crippen LogP) is -0.192. The number of hydrogen-bond acceptors (Lipinski definition) is 3. The molecule has 96 valence electrons. The number of carbonyl (C=O) groups excluding carboxylic acids is 1. The average Bonchev–Trinajstić information content (AvgIpc) is 2.39. The highest BCUT2D eigenvalue weighted by molar-refractivity contribution is 5.76. The number of piperidine rings is 1. The smallest absolute Gasteiger partial charge is 0.320 e. The van der Waals surface area contributed by atoms with Crippen LogP contribution >= 0.6 is 0 Å². The van der Waals surface area contributed by atoms with Gasteiger partial charge in [0.1, 0.15) is 0 Å². The van der Waals surface area contributed by atoms with Crippen LogP contribution in [0.4, 0.5) is 4.79 Å². The maximum absolute atomic E-state index is 12.2. The average molecular weight is 241 g/mol. The van der Waals surface area contributed by atoms with E-state index in [0.29, 0.717) is 32.6 Å². The Labute approximate surface area is 101 Å². The number of aliphatic carboxylic acids is 1. The van der Waals surface area contributed by atoms with Gasteiger partial charge < -0.3 is 20.2 Å². The molecule has 0 aromatic carbocycles. The zero-order chi connectivity index (χ0) is 12.3. The number of amides is 2. The van der Waals surface area contributed by atoms with Gasteiger partial charge in [0.2, 0.25) is 0 Å². The third-order valence-corrected chi connectivity index (χ3v) is 3.43. The molecule has 2 saturated heterocycles. The third kappa shape index (κ3) is 2.88. The number of nitrogens with one attached hydrogen (secondary N) is 1. The molecular weight excluding hydrogens is 222 g/mol. The molecule has 2 aliphatic rings. The van der Waals surface area contributed by atoms with Crippen LogP contribution in [-0.2, 0) is 4.79 Å². The largest absolute Gasteiger partial charge is 0.481 e. The minimum atomic E-state index is -0.789. The molecule has 2 heterocycles. The molecule has 2 amide bonds. The minimum absolute atomic E-state index is 0.00236. The van der Waals surface area contributed by atoms with Crippen LogP contribution in [-0.4, -0.2) is 66.2 Å². The number of piperazine rings is 1. The normalized spacial score (nSPS) is 25.8. The lowest BCUT2D eigenvalue weighted by Crippen LogP contribution is -2.54. The summed E-state index contributed by atoms with van der Waals surface area (Å²) >= 11 is 0. The van der Waals surface area contributed by atoms with E-state index < -0.39 is 11.9 Å². The van der Waals surface area contributed by atoms with Crippen LogP contribution in [0.2, 0.25) is 0 Å². The van der Waals surface area contributed by atoms with Crippen LogP contribution in [0.15, 0.2) is 0 Å². The van der Waals surface area contributed by atoms with Crippen molar-refractivity contribution in [1.82, 2.24) is 15.1 Å². The van der Waals surface area contributed by atoms with E-state index in [0.717, 1.165) is 19.5 Å². The van der Waals surface area contributed by atoms with Crippen molar-refractivity contribution in [1.29, 1.82) is 0 Å². The molecule has 1 atom stereocenters. The summed E-state index contributed by atoms with van der Waals surface area (Å²) in [7, 11) is 0. The molecule has 0 aliphatic carbocycles. The van der Waals surface area contributed by atoms with E-state index in [2.05, 4.69) is 5.32 Å². The maximum Gasteiger partial charge on any atom is 0.320 e. The summed E-state index contributed by atoms with van der Waals surface area (Å²) in [6, 6.07) is -0.00236. The van der Waals surface area contributed by atoms with Gasteiger partial charge in [0.15, 0.2) is 0 Å². The summed E-state index contributed by atoms with van der Waals surface area (Å²) in [4.78, 5) is 26.6. The number of rotatable bonds is 1. The first-order valence-corrected chi connectivity index (χ1v) is 6.16. The second-order valence-electron chi connectivity index (χ2n) is 4.64. The number of urea groups is 1. The van der Waals surface area contributed by atoms with Crippen LogP contribution in [0.25, 0.3) is 0 Å². The fourth-order valence-corrected chi connectivity index (χ4v) is 2.41. The van der Waals surface area contributed by atoms with Gasteiger partial charge in [-0.2, -0.15) is 0 Å². The standard InChI is InChI=1S/C11H19N3O3/c15-10(16)9-2-1-5-14(8-9)11(17)13-6-3-12-4-7-13/h9,12H,1-8H2,(H,15,16). The number of carboxylic acid groups (broad SMARTS) is 1. The number of nitrogens with zero attached hydrogens (tertiary/aromatic N) is 2. The first kappa shape index (κ1) is 12.2. The fraction of sp³-hybridized carbons (Fsp3) is 0.818. The molecule has 1 unspecified atom stereocenters. The van der Waals surface area contributed by atoms with Crippen molar-refractivity contribution in [3.05, 3.63) is 0 Å². The van der Waals surface area contributed by atoms with Gasteiger partial charge in [-0.15, -0.1) is 0 Å². The van der Waals surface area contributed by atoms with Crippen molar-refractivity contribution in [3.63, 3.8) is 0 Å². The van der Waals surface area contributed by atoms with Crippen LogP contribution in [0, 0.1) is 5.92 Å². The molecule has 2 rings (SSSR count). The Balaban J connectivity index is 1.91. The zero-order valence-corrected chi connectivity index (χ0v) is 9.89. The molecule has 2 aliphatic heterocycles. The van der Waals surface area contributed by atoms with Crippen LogP contribution in [0.3, 0.4) is 0 Å². The Hall–Kier alpha value is -1.30. The molecule has 0 bridgehead atoms. The van der Waals surface area contributed by atoms with Gasteiger partial charge in [-0.05, 0) is 12.8 Å². The summed E-state index contributed by atoms with van der Waals surface area (Å²) in [5.41, 5.74) is 0. The van der Waals surface area contributed by atoms with Gasteiger partial charge in [0, 0.05) is 39.3 Å². The summed E-state index contributed by atoms with van der Waals surface area (Å²) < 4.78 is 0. The second kappa shape index (κ2) is 5.35. The van der Waals surface area contributed by atoms with E-state index in [9.17, 15) is 9.59 Å². The number of carbonyl (C=O) groups is 2. The highest BCUT2D eigenvalue weighted by atomic mass is 16.4. The van der Waals surface area contributed by atoms with Crippen LogP contribution in [0.5, 0.6) is 0 Å². The number of carboxylic acids is 1. The molecule has 0 aromatic heterocycles. The van der Waals surface area contributed by atoms with Gasteiger partial charge in [0.25, 0.3) is 0 Å². The molecule has 6 nitrogen and oxygen atoms in total. The van der Waals surface area contributed by atoms with E-state index in [4.69, 9.17) is 5.11 Å². The molecule has 0 aromatic rings. The second-order valence-corrected chi connectivity index (χ2v) is 4.64. The molecule has 0 radical (unpaired) electrons. The molecule has 2 N–H and O–H groups in total. The molecular formula is C11H19N3O3. The zero-order valence-electron chi connectivity index (χ0n) is 9.89. The lowest BCUT2D eigenvalue weighted by Gasteiger charge is -2.36. The molecule has 6 heteroatoms. The Morgan fingerprint density at radius 1 is 1.12 bits per heavy atom. The van der Waals surface area contributed by atoms with Gasteiger partial charge in [-0.25, -0.2) is 4.79 Å². The number of likely N-dealkylation sites (tertiary alicyclic amines) is 1. The van der Waals surface area contributed by atoms with Gasteiger partial charge in [-0.3, -0.25) is 4.79 Å². The Kier molecular flexibility index (Phi) is 3.83. The van der Waals surface area contributed by atoms with Crippen molar-refractivity contribution >= 4 is 12.0 Å². The quantitative estimate of drug-likeness (QED) is 0.667. The molecule has 17 heavy (non-hydrogen) atoms. The van der Waals surface area contributed by atoms with Crippen molar-refractivity contribution in [2.75, 3.05) is 39.3 Å². The lowest BCUT2D eigenvalue weighted by molar-refractivity contribution is -0.143. The minimum Gasteiger partial charge on any atom is -0.481 e. The van der Waals surface area contributed by atoms with E-state index in [1.54, 1.807) is 9.80 Å². The Morgan fingerprint density at radius 3 is 2.47 bits per heavy atom. The summed E-state index contributed by atoms with van der Waals surface area (Å²) in [6.45, 7) is 4.12. The van der Waals surface area contributed by atoms with Crippen molar-refractivity contribution in [3.8, 4) is 0 Å². The summed E-state index contributed by atoms with van der Waals surface area (Å²) in [6.07, 6.45) is 1.47. The van der Waals surface area contributed by atoms with Gasteiger partial charge in [0.05, 0.1) is 5.92 Å². The Morgan fingerprint density at radius 2 is 1.82 bits per heavy atom. The highest BCUT2D eigenvalue weighted by Gasteiger charge is 2.30. The first-order valence-electron chi connectivity index (χ1n) is 6.16. The summed E-state index contributed by atoms with van der Waals surface area (Å²) in [5.74, 6) is -1.18. The van der Waals surface area contributed by atoms with E-state index >= 15 is 0 Å². The van der Waals surface area contributed by atoms with Crippen LogP contribution < -0.4 is 5.32 Å². The number of hydrogen-bond donors (Lipinski definition) is 2. The van der Waals surface area contributed by atoms with E-state index in [-0.39, 0.29) is 6.03 Å². The Bertz CT molecular complexity index is 302. The topological polar surface area (TPSA) is 72.9 Å². The van der Waals surface area contributed by atoms with Gasteiger partial charge >= 0.3 is 12.0 Å². The monoisotopic (exact) mass is 241 g/mol. The molecule has 0 spiro atoms.